The van der Waals surface area contributed by atoms with Crippen molar-refractivity contribution in [3.63, 3.8) is 0 Å². The van der Waals surface area contributed by atoms with Crippen LogP contribution < -0.4 is 15.0 Å². The van der Waals surface area contributed by atoms with Gasteiger partial charge in [0.15, 0.2) is 0 Å². The molecule has 1 fully saturated rings. The molecule has 144 valence electrons. The van der Waals surface area contributed by atoms with Gasteiger partial charge in [-0.15, -0.1) is 0 Å². The number of amides is 1. The van der Waals surface area contributed by atoms with E-state index in [4.69, 9.17) is 16.3 Å². The maximum Gasteiger partial charge on any atom is 0.225 e. The molecule has 0 bridgehead atoms. The van der Waals surface area contributed by atoms with Crippen molar-refractivity contribution in [1.82, 2.24) is 4.90 Å². The molecule has 1 saturated heterocycles. The molecule has 0 unspecified atom stereocenters. The minimum absolute atomic E-state index is 0.0410. The molecule has 1 aliphatic rings. The number of hydrogen-bond acceptors (Lipinski definition) is 4. The van der Waals surface area contributed by atoms with Gasteiger partial charge in [0.2, 0.25) is 5.91 Å². The molecule has 3 rings (SSSR count). The largest absolute Gasteiger partial charge is 0.494 e. The van der Waals surface area contributed by atoms with E-state index in [1.54, 1.807) is 0 Å². The number of hydrogen-bond donors (Lipinski definition) is 1. The van der Waals surface area contributed by atoms with Gasteiger partial charge in [0.1, 0.15) is 5.75 Å². The predicted octanol–water partition coefficient (Wildman–Crippen LogP) is 3.89. The van der Waals surface area contributed by atoms with Crippen LogP contribution in [0, 0.1) is 0 Å². The zero-order valence-corrected chi connectivity index (χ0v) is 16.4. The molecule has 0 saturated carbocycles. The first-order valence-electron chi connectivity index (χ1n) is 9.39. The van der Waals surface area contributed by atoms with E-state index in [0.29, 0.717) is 13.0 Å². The Morgan fingerprint density at radius 1 is 1.04 bits per heavy atom. The molecule has 1 aliphatic heterocycles. The summed E-state index contributed by atoms with van der Waals surface area (Å²) in [6, 6.07) is 15.4. The minimum Gasteiger partial charge on any atom is -0.494 e. The quantitative estimate of drug-likeness (QED) is 0.782. The van der Waals surface area contributed by atoms with E-state index >= 15 is 0 Å². The number of nitrogens with zero attached hydrogens (tertiary/aromatic N) is 2. The molecule has 0 radical (unpaired) electrons. The van der Waals surface area contributed by atoms with Gasteiger partial charge >= 0.3 is 0 Å². The molecule has 2 aromatic rings. The first-order chi connectivity index (χ1) is 13.1. The van der Waals surface area contributed by atoms with Crippen molar-refractivity contribution in [2.24, 2.45) is 0 Å². The predicted molar refractivity (Wildman–Crippen MR) is 111 cm³/mol. The average molecular weight is 388 g/mol. The highest BCUT2D eigenvalue weighted by Gasteiger charge is 2.17. The lowest BCUT2D eigenvalue weighted by Gasteiger charge is -2.36. The number of rotatable bonds is 7. The summed E-state index contributed by atoms with van der Waals surface area (Å²) in [5.74, 6) is 0.855. The topological polar surface area (TPSA) is 44.8 Å². The second kappa shape index (κ2) is 9.62. The van der Waals surface area contributed by atoms with Gasteiger partial charge in [-0.2, -0.15) is 0 Å². The lowest BCUT2D eigenvalue weighted by atomic mass is 10.2. The Kier molecular flexibility index (Phi) is 6.96. The molecule has 1 heterocycles. The number of carbonyl (C=O) groups is 1. The van der Waals surface area contributed by atoms with Crippen LogP contribution in [0.5, 0.6) is 5.75 Å². The van der Waals surface area contributed by atoms with Crippen LogP contribution in [0.25, 0.3) is 0 Å². The van der Waals surface area contributed by atoms with Gasteiger partial charge in [-0.25, -0.2) is 0 Å². The van der Waals surface area contributed by atoms with Gasteiger partial charge < -0.3 is 15.0 Å². The summed E-state index contributed by atoms with van der Waals surface area (Å²) < 4.78 is 5.41. The molecular weight excluding hydrogens is 362 g/mol. The Bertz CT molecular complexity index is 726. The zero-order valence-electron chi connectivity index (χ0n) is 15.7. The summed E-state index contributed by atoms with van der Waals surface area (Å²) in [5, 5.41) is 3.71. The second-order valence-corrected chi connectivity index (χ2v) is 7.00. The number of anilines is 2. The van der Waals surface area contributed by atoms with Crippen molar-refractivity contribution in [3.05, 3.63) is 53.6 Å². The van der Waals surface area contributed by atoms with Crippen LogP contribution in [0.15, 0.2) is 48.5 Å². The molecule has 6 heteroatoms. The third-order valence-corrected chi connectivity index (χ3v) is 4.92. The van der Waals surface area contributed by atoms with Gasteiger partial charge in [0.25, 0.3) is 0 Å². The molecule has 0 atom stereocenters. The van der Waals surface area contributed by atoms with Crippen LogP contribution in [0.1, 0.15) is 13.3 Å². The van der Waals surface area contributed by atoms with Crippen molar-refractivity contribution in [1.29, 1.82) is 0 Å². The van der Waals surface area contributed by atoms with Crippen molar-refractivity contribution >= 4 is 28.9 Å². The molecule has 1 N–H and O–H groups in total. The molecule has 0 spiro atoms. The minimum atomic E-state index is 0.0410. The van der Waals surface area contributed by atoms with E-state index in [1.165, 1.54) is 5.69 Å². The molecule has 0 aliphatic carbocycles. The Labute approximate surface area is 165 Å². The maximum absolute atomic E-state index is 12.2. The Morgan fingerprint density at radius 2 is 1.70 bits per heavy atom. The lowest BCUT2D eigenvalue weighted by Crippen LogP contribution is -2.47. The molecule has 27 heavy (non-hydrogen) atoms. The fourth-order valence-electron chi connectivity index (χ4n) is 3.17. The molecule has 0 aromatic heterocycles. The van der Waals surface area contributed by atoms with Crippen LogP contribution in [0.4, 0.5) is 11.4 Å². The van der Waals surface area contributed by atoms with Crippen LogP contribution in [0.2, 0.25) is 5.02 Å². The third kappa shape index (κ3) is 5.88. The van der Waals surface area contributed by atoms with E-state index < -0.39 is 0 Å². The van der Waals surface area contributed by atoms with Crippen molar-refractivity contribution < 1.29 is 9.53 Å². The van der Waals surface area contributed by atoms with Crippen LogP contribution in [0.3, 0.4) is 0 Å². The Balaban J connectivity index is 1.39. The fourth-order valence-corrected chi connectivity index (χ4v) is 3.29. The number of benzene rings is 2. The van der Waals surface area contributed by atoms with E-state index in [0.717, 1.165) is 49.2 Å². The van der Waals surface area contributed by atoms with Gasteiger partial charge in [-0.05, 0) is 55.5 Å². The van der Waals surface area contributed by atoms with Gasteiger partial charge in [0, 0.05) is 55.5 Å². The zero-order chi connectivity index (χ0) is 19.1. The number of nitrogens with one attached hydrogen (secondary N) is 1. The second-order valence-electron chi connectivity index (χ2n) is 6.56. The molecular formula is C21H26ClN3O2. The van der Waals surface area contributed by atoms with E-state index in [1.807, 2.05) is 43.3 Å². The van der Waals surface area contributed by atoms with Crippen LogP contribution in [-0.4, -0.2) is 50.1 Å². The summed E-state index contributed by atoms with van der Waals surface area (Å²) in [6.45, 7) is 7.20. The third-order valence-electron chi connectivity index (χ3n) is 4.67. The lowest BCUT2D eigenvalue weighted by molar-refractivity contribution is -0.116. The Hall–Kier alpha value is -2.24. The van der Waals surface area contributed by atoms with Crippen LogP contribution >= 0.6 is 11.6 Å². The number of ether oxygens (including phenoxy) is 1. The number of carbonyl (C=O) groups excluding carboxylic acids is 1. The molecule has 5 nitrogen and oxygen atoms in total. The highest BCUT2D eigenvalue weighted by molar-refractivity contribution is 6.30. The van der Waals surface area contributed by atoms with Crippen molar-refractivity contribution in [2.75, 3.05) is 49.5 Å². The first-order valence-corrected chi connectivity index (χ1v) is 9.77. The summed E-state index contributed by atoms with van der Waals surface area (Å²) in [7, 11) is 0. The average Bonchev–Trinajstić information content (AvgIpc) is 2.69. The summed E-state index contributed by atoms with van der Waals surface area (Å²) in [6.07, 6.45) is 0.494. The fraction of sp³-hybridized carbons (Fsp3) is 0.381. The SMILES string of the molecule is CCOc1ccc(NC(=O)CCN2CCN(c3ccc(Cl)cc3)CC2)cc1. The maximum atomic E-state index is 12.2. The van der Waals surface area contributed by atoms with Crippen molar-refractivity contribution in [2.45, 2.75) is 13.3 Å². The van der Waals surface area contributed by atoms with Gasteiger partial charge in [0.05, 0.1) is 6.61 Å². The highest BCUT2D eigenvalue weighted by atomic mass is 35.5. The highest BCUT2D eigenvalue weighted by Crippen LogP contribution is 2.20. The smallest absolute Gasteiger partial charge is 0.225 e. The standard InChI is InChI=1S/C21H26ClN3O2/c1-2-27-20-9-5-18(6-10-20)23-21(26)11-12-24-13-15-25(16-14-24)19-7-3-17(22)4-8-19/h3-10H,2,11-16H2,1H3,(H,23,26). The Morgan fingerprint density at radius 3 is 2.33 bits per heavy atom. The van der Waals surface area contributed by atoms with Gasteiger partial charge in [-0.1, -0.05) is 11.6 Å². The summed E-state index contributed by atoms with van der Waals surface area (Å²) in [4.78, 5) is 16.9. The van der Waals surface area contributed by atoms with E-state index in [9.17, 15) is 4.79 Å². The normalized spacial score (nSPS) is 14.8. The van der Waals surface area contributed by atoms with E-state index in [2.05, 4.69) is 27.2 Å². The molecule has 2 aromatic carbocycles. The number of halogens is 1. The summed E-state index contributed by atoms with van der Waals surface area (Å²) in [5.41, 5.74) is 2.00. The summed E-state index contributed by atoms with van der Waals surface area (Å²) >= 11 is 5.95. The first kappa shape index (κ1) is 19.5. The van der Waals surface area contributed by atoms with E-state index in [-0.39, 0.29) is 5.91 Å². The van der Waals surface area contributed by atoms with Crippen molar-refractivity contribution in [3.8, 4) is 5.75 Å². The van der Waals surface area contributed by atoms with Crippen LogP contribution in [-0.2, 0) is 4.79 Å². The molecule has 1 amide bonds. The number of piperazine rings is 1. The van der Waals surface area contributed by atoms with Gasteiger partial charge in [-0.3, -0.25) is 9.69 Å². The monoisotopic (exact) mass is 387 g/mol.